The van der Waals surface area contributed by atoms with Gasteiger partial charge in [0, 0.05) is 10.7 Å². The van der Waals surface area contributed by atoms with Gasteiger partial charge >= 0.3 is 0 Å². The van der Waals surface area contributed by atoms with Gasteiger partial charge in [-0.25, -0.2) is 9.67 Å². The van der Waals surface area contributed by atoms with Crippen molar-refractivity contribution in [2.45, 2.75) is 20.4 Å². The number of benzene rings is 2. The third kappa shape index (κ3) is 3.77. The van der Waals surface area contributed by atoms with Crippen molar-refractivity contribution in [2.75, 3.05) is 5.32 Å². The van der Waals surface area contributed by atoms with E-state index >= 15 is 0 Å². The van der Waals surface area contributed by atoms with E-state index in [2.05, 4.69) is 15.4 Å². The molecule has 4 rings (SSSR count). The summed E-state index contributed by atoms with van der Waals surface area (Å²) in [6, 6.07) is 13.0. The van der Waals surface area contributed by atoms with Gasteiger partial charge in [-0.2, -0.15) is 5.10 Å². The van der Waals surface area contributed by atoms with E-state index in [0.29, 0.717) is 21.7 Å². The number of anilines is 1. The second-order valence-corrected chi connectivity index (χ2v) is 7.23. The predicted molar refractivity (Wildman–Crippen MR) is 113 cm³/mol. The van der Waals surface area contributed by atoms with Crippen LogP contribution in [0.15, 0.2) is 59.8 Å². The van der Waals surface area contributed by atoms with Gasteiger partial charge in [-0.05, 0) is 43.7 Å². The summed E-state index contributed by atoms with van der Waals surface area (Å²) >= 11 is 6.08. The molecule has 8 heteroatoms. The minimum atomic E-state index is -0.348. The summed E-state index contributed by atoms with van der Waals surface area (Å²) in [4.78, 5) is 29.5. The highest BCUT2D eigenvalue weighted by atomic mass is 35.5. The summed E-state index contributed by atoms with van der Waals surface area (Å²) in [6.45, 7) is 3.71. The van der Waals surface area contributed by atoms with E-state index in [9.17, 15) is 9.59 Å². The Hall–Kier alpha value is -3.45. The van der Waals surface area contributed by atoms with Crippen LogP contribution in [0, 0.1) is 13.8 Å². The average molecular weight is 408 g/mol. The molecular weight excluding hydrogens is 390 g/mol. The number of fused-ring (bicyclic) bond motifs is 1. The highest BCUT2D eigenvalue weighted by molar-refractivity contribution is 6.31. The molecule has 0 aliphatic carbocycles. The molecule has 0 saturated heterocycles. The van der Waals surface area contributed by atoms with Gasteiger partial charge in [0.25, 0.3) is 5.56 Å². The summed E-state index contributed by atoms with van der Waals surface area (Å²) < 4.78 is 2.86. The fraction of sp³-hybridized carbons (Fsp3) is 0.143. The van der Waals surface area contributed by atoms with Crippen LogP contribution in [-0.4, -0.2) is 25.2 Å². The molecule has 0 atom stereocenters. The van der Waals surface area contributed by atoms with E-state index in [4.69, 9.17) is 11.6 Å². The number of carbonyl (C=O) groups excluding carboxylic acids is 1. The molecule has 1 amide bonds. The number of carbonyl (C=O) groups is 1. The van der Waals surface area contributed by atoms with Crippen molar-refractivity contribution < 1.29 is 4.79 Å². The summed E-state index contributed by atoms with van der Waals surface area (Å²) in [6.07, 6.45) is 2.83. The number of hydrogen-bond acceptors (Lipinski definition) is 4. The molecule has 0 radical (unpaired) electrons. The first kappa shape index (κ1) is 18.9. The van der Waals surface area contributed by atoms with Crippen molar-refractivity contribution in [1.82, 2.24) is 19.3 Å². The third-order valence-corrected chi connectivity index (χ3v) is 5.01. The van der Waals surface area contributed by atoms with E-state index in [1.54, 1.807) is 16.8 Å². The lowest BCUT2D eigenvalue weighted by molar-refractivity contribution is -0.116. The van der Waals surface area contributed by atoms with Crippen LogP contribution in [0.3, 0.4) is 0 Å². The zero-order valence-electron chi connectivity index (χ0n) is 15.9. The SMILES string of the molecule is Cc1ccc(-n2ncc3c(=O)n(CC(=O)Nc4ccc(C)c(Cl)c4)cnc32)cc1. The number of aromatic nitrogens is 4. The molecule has 0 fully saturated rings. The first-order valence-electron chi connectivity index (χ1n) is 8.98. The summed E-state index contributed by atoms with van der Waals surface area (Å²) in [5.74, 6) is -0.348. The van der Waals surface area contributed by atoms with Crippen molar-refractivity contribution in [3.05, 3.63) is 81.5 Å². The largest absolute Gasteiger partial charge is 0.324 e. The van der Waals surface area contributed by atoms with Gasteiger partial charge in [0.1, 0.15) is 18.3 Å². The topological polar surface area (TPSA) is 81.8 Å². The Morgan fingerprint density at radius 2 is 1.90 bits per heavy atom. The second-order valence-electron chi connectivity index (χ2n) is 6.82. The van der Waals surface area contributed by atoms with Crippen molar-refractivity contribution in [1.29, 1.82) is 0 Å². The quantitative estimate of drug-likeness (QED) is 0.561. The zero-order valence-corrected chi connectivity index (χ0v) is 16.6. The van der Waals surface area contributed by atoms with E-state index in [1.165, 1.54) is 17.1 Å². The molecule has 2 aromatic heterocycles. The Bertz CT molecular complexity index is 1270. The minimum absolute atomic E-state index is 0.164. The summed E-state index contributed by atoms with van der Waals surface area (Å²) in [5.41, 5.74) is 3.54. The third-order valence-electron chi connectivity index (χ3n) is 4.60. The number of aryl methyl sites for hydroxylation is 2. The Kier molecular flexibility index (Phi) is 4.90. The Labute approximate surface area is 171 Å². The average Bonchev–Trinajstić information content (AvgIpc) is 3.12. The lowest BCUT2D eigenvalue weighted by atomic mass is 10.2. The second kappa shape index (κ2) is 7.52. The molecule has 29 heavy (non-hydrogen) atoms. The molecule has 4 aromatic rings. The Balaban J connectivity index is 1.59. The van der Waals surface area contributed by atoms with E-state index in [1.807, 2.05) is 44.2 Å². The van der Waals surface area contributed by atoms with Crippen LogP contribution in [-0.2, 0) is 11.3 Å². The van der Waals surface area contributed by atoms with Gasteiger partial charge in [0.05, 0.1) is 11.9 Å². The molecule has 2 heterocycles. The fourth-order valence-electron chi connectivity index (χ4n) is 2.96. The normalized spacial score (nSPS) is 11.0. The number of nitrogens with zero attached hydrogens (tertiary/aromatic N) is 4. The van der Waals surface area contributed by atoms with E-state index in [-0.39, 0.29) is 18.0 Å². The van der Waals surface area contributed by atoms with Crippen molar-refractivity contribution in [3.63, 3.8) is 0 Å². The number of halogens is 1. The van der Waals surface area contributed by atoms with Gasteiger partial charge < -0.3 is 5.32 Å². The van der Waals surface area contributed by atoms with E-state index in [0.717, 1.165) is 16.8 Å². The molecule has 1 N–H and O–H groups in total. The molecule has 146 valence electrons. The maximum Gasteiger partial charge on any atom is 0.264 e. The van der Waals surface area contributed by atoms with Crippen LogP contribution in [0.25, 0.3) is 16.7 Å². The molecule has 0 unspecified atom stereocenters. The fourth-order valence-corrected chi connectivity index (χ4v) is 3.14. The van der Waals surface area contributed by atoms with Crippen LogP contribution in [0.1, 0.15) is 11.1 Å². The van der Waals surface area contributed by atoms with Crippen LogP contribution >= 0.6 is 11.6 Å². The lowest BCUT2D eigenvalue weighted by Crippen LogP contribution is -2.27. The molecule has 0 spiro atoms. The standard InChI is InChI=1S/C21H18ClN5O2/c1-13-3-7-16(8-4-13)27-20-17(10-24-27)21(29)26(12-23-20)11-19(28)25-15-6-5-14(2)18(22)9-15/h3-10,12H,11H2,1-2H3,(H,25,28). The Morgan fingerprint density at radius 1 is 1.14 bits per heavy atom. The van der Waals surface area contributed by atoms with Gasteiger partial charge in [-0.3, -0.25) is 14.2 Å². The highest BCUT2D eigenvalue weighted by Crippen LogP contribution is 2.20. The smallest absolute Gasteiger partial charge is 0.264 e. The molecular formula is C21H18ClN5O2. The van der Waals surface area contributed by atoms with Gasteiger partial charge in [-0.15, -0.1) is 0 Å². The van der Waals surface area contributed by atoms with Gasteiger partial charge in [0.15, 0.2) is 5.65 Å². The van der Waals surface area contributed by atoms with Gasteiger partial charge in [0.2, 0.25) is 5.91 Å². The summed E-state index contributed by atoms with van der Waals surface area (Å²) in [7, 11) is 0. The lowest BCUT2D eigenvalue weighted by Gasteiger charge is -2.09. The van der Waals surface area contributed by atoms with Crippen LogP contribution in [0.4, 0.5) is 5.69 Å². The summed E-state index contributed by atoms with van der Waals surface area (Å²) in [5, 5.41) is 7.93. The molecule has 0 aliphatic rings. The maximum absolute atomic E-state index is 12.8. The van der Waals surface area contributed by atoms with E-state index < -0.39 is 0 Å². The minimum Gasteiger partial charge on any atom is -0.324 e. The predicted octanol–water partition coefficient (Wildman–Crippen LogP) is 3.49. The number of rotatable bonds is 4. The molecule has 7 nitrogen and oxygen atoms in total. The molecule has 0 aliphatic heterocycles. The number of hydrogen-bond donors (Lipinski definition) is 1. The number of nitrogens with one attached hydrogen (secondary N) is 1. The maximum atomic E-state index is 12.8. The monoisotopic (exact) mass is 407 g/mol. The van der Waals surface area contributed by atoms with Crippen LogP contribution in [0.2, 0.25) is 5.02 Å². The molecule has 2 aromatic carbocycles. The Morgan fingerprint density at radius 3 is 2.62 bits per heavy atom. The first-order valence-corrected chi connectivity index (χ1v) is 9.36. The highest BCUT2D eigenvalue weighted by Gasteiger charge is 2.13. The first-order chi connectivity index (χ1) is 13.9. The number of amides is 1. The molecule has 0 saturated carbocycles. The van der Waals surface area contributed by atoms with Gasteiger partial charge in [-0.1, -0.05) is 35.4 Å². The zero-order chi connectivity index (χ0) is 20.5. The van der Waals surface area contributed by atoms with Crippen LogP contribution < -0.4 is 10.9 Å². The van der Waals surface area contributed by atoms with Crippen LogP contribution in [0.5, 0.6) is 0 Å². The van der Waals surface area contributed by atoms with Crippen molar-refractivity contribution >= 4 is 34.2 Å². The van der Waals surface area contributed by atoms with Crippen molar-refractivity contribution in [3.8, 4) is 5.69 Å². The molecule has 0 bridgehead atoms. The van der Waals surface area contributed by atoms with Crippen molar-refractivity contribution in [2.24, 2.45) is 0 Å².